The van der Waals surface area contributed by atoms with Crippen LogP contribution in [0.1, 0.15) is 101 Å². The highest BCUT2D eigenvalue weighted by Crippen LogP contribution is 2.44. The van der Waals surface area contributed by atoms with Crippen molar-refractivity contribution in [3.05, 3.63) is 168 Å². The third-order valence-corrected chi connectivity index (χ3v) is 14.8. The van der Waals surface area contributed by atoms with Gasteiger partial charge < -0.3 is 18.0 Å². The van der Waals surface area contributed by atoms with Gasteiger partial charge in [-0.25, -0.2) is 0 Å². The molecule has 0 fully saturated rings. The van der Waals surface area contributed by atoms with Crippen molar-refractivity contribution in [3.8, 4) is 11.4 Å². The van der Waals surface area contributed by atoms with E-state index in [2.05, 4.69) is 210 Å². The second-order valence-electron chi connectivity index (χ2n) is 20.2. The summed E-state index contributed by atoms with van der Waals surface area (Å²) in [6.07, 6.45) is 0. The summed E-state index contributed by atoms with van der Waals surface area (Å²) >= 11 is 0. The fourth-order valence-corrected chi connectivity index (χ4v) is 11.0. The first-order valence-electron chi connectivity index (χ1n) is 23.8. The van der Waals surface area contributed by atoms with E-state index in [1.165, 1.54) is 76.6 Å². The predicted molar refractivity (Wildman–Crippen MR) is 281 cm³/mol. The van der Waals surface area contributed by atoms with Crippen LogP contribution < -0.4 is 0 Å². The maximum absolute atomic E-state index is 6.73. The molecule has 0 aliphatic carbocycles. The molecular weight excluding hydrogens is 805 g/mol. The van der Waals surface area contributed by atoms with Gasteiger partial charge in [0.2, 0.25) is 0 Å². The summed E-state index contributed by atoms with van der Waals surface area (Å²) in [6, 6.07) is 55.0. The number of hydrogen-bond acceptors (Lipinski definition) is 2. The molecule has 0 aliphatic heterocycles. The number of aromatic nitrogens is 2. The first-order valence-corrected chi connectivity index (χ1v) is 23.8. The maximum atomic E-state index is 6.73. The van der Waals surface area contributed by atoms with Crippen LogP contribution in [0.5, 0.6) is 0 Å². The minimum atomic E-state index is 0.456. The average Bonchev–Trinajstić information content (AvgIpc) is 4.05. The molecule has 9 aromatic carbocycles. The second-order valence-corrected chi connectivity index (χ2v) is 20.2. The molecule has 0 saturated heterocycles. The van der Waals surface area contributed by atoms with Gasteiger partial charge in [0.25, 0.3) is 0 Å². The Balaban J connectivity index is 0.951. The van der Waals surface area contributed by atoms with E-state index < -0.39 is 0 Å². The van der Waals surface area contributed by atoms with Gasteiger partial charge >= 0.3 is 0 Å². The van der Waals surface area contributed by atoms with Crippen LogP contribution in [0.15, 0.2) is 154 Å². The summed E-state index contributed by atoms with van der Waals surface area (Å²) < 4.78 is 18.3. The van der Waals surface area contributed by atoms with Crippen LogP contribution in [0.3, 0.4) is 0 Å². The Morgan fingerprint density at radius 3 is 0.939 bits per heavy atom. The maximum Gasteiger partial charge on any atom is 0.136 e. The van der Waals surface area contributed by atoms with Crippen LogP contribution in [-0.2, 0) is 0 Å². The molecule has 0 N–H and O–H groups in total. The molecule has 0 atom stereocenters. The highest BCUT2D eigenvalue weighted by atomic mass is 16.3. The van der Waals surface area contributed by atoms with E-state index in [9.17, 15) is 0 Å². The molecule has 4 heteroatoms. The van der Waals surface area contributed by atoms with Crippen molar-refractivity contribution >= 4 is 109 Å². The SMILES string of the molecule is CC(C)c1ccc2c(c1)c1cc(C(C)C)ccc1n2-c1ccc2cc3c(cc2c1)oc1ccc2oc4cc5cc(-n6c7ccc(C(C)C)cc7c7cc(C(C)C)ccc76)ccc5cc4c2c13. The van der Waals surface area contributed by atoms with E-state index >= 15 is 0 Å². The topological polar surface area (TPSA) is 36.1 Å². The van der Waals surface area contributed by atoms with E-state index in [1.807, 2.05) is 0 Å². The third kappa shape index (κ3) is 5.70. The molecule has 322 valence electrons. The van der Waals surface area contributed by atoms with Gasteiger partial charge in [0.15, 0.2) is 0 Å². The zero-order chi connectivity index (χ0) is 44.9. The summed E-state index contributed by atoms with van der Waals surface area (Å²) in [7, 11) is 0. The Bertz CT molecular complexity index is 3780. The van der Waals surface area contributed by atoms with Gasteiger partial charge in [-0.05, 0) is 177 Å². The Morgan fingerprint density at radius 1 is 0.288 bits per heavy atom. The normalized spacial score (nSPS) is 12.8. The van der Waals surface area contributed by atoms with Crippen molar-refractivity contribution < 1.29 is 8.83 Å². The standard InChI is InChI=1S/C62H52N2O2/c1-33(2)37-11-17-53-47(25-37)48-26-38(34(3)4)12-18-54(48)63(53)45-15-9-41-29-51-59(31-43(41)23-45)65-57-21-22-58-62(61(51)57)52-30-42-10-16-46(24-44(42)32-60(52)66-58)64-55-19-13-39(35(5)6)27-49(55)50-28-40(36(7)8)14-20-56(50)64/h9-36H,1-8H3. The van der Waals surface area contributed by atoms with E-state index in [4.69, 9.17) is 8.83 Å². The molecule has 0 bridgehead atoms. The molecular formula is C62H52N2O2. The fourth-order valence-electron chi connectivity index (χ4n) is 11.0. The van der Waals surface area contributed by atoms with Crippen molar-refractivity contribution in [1.29, 1.82) is 0 Å². The van der Waals surface area contributed by atoms with Crippen LogP contribution in [0, 0.1) is 0 Å². The number of benzene rings is 9. The Morgan fingerprint density at radius 2 is 0.621 bits per heavy atom. The third-order valence-electron chi connectivity index (χ3n) is 14.8. The molecule has 0 aliphatic rings. The van der Waals surface area contributed by atoms with Crippen molar-refractivity contribution in [2.24, 2.45) is 0 Å². The van der Waals surface area contributed by atoms with Crippen molar-refractivity contribution in [2.45, 2.75) is 79.1 Å². The smallest absolute Gasteiger partial charge is 0.136 e. The van der Waals surface area contributed by atoms with Crippen LogP contribution >= 0.6 is 0 Å². The monoisotopic (exact) mass is 856 g/mol. The largest absolute Gasteiger partial charge is 0.456 e. The second kappa shape index (κ2) is 14.1. The van der Waals surface area contributed by atoms with Crippen LogP contribution in [0.2, 0.25) is 0 Å². The molecule has 0 amide bonds. The lowest BCUT2D eigenvalue weighted by molar-refractivity contribution is 0.663. The molecule has 0 spiro atoms. The Kier molecular flexibility index (Phi) is 8.35. The summed E-state index contributed by atoms with van der Waals surface area (Å²) in [5.41, 5.74) is 16.1. The molecule has 66 heavy (non-hydrogen) atoms. The van der Waals surface area contributed by atoms with Crippen molar-refractivity contribution in [1.82, 2.24) is 9.13 Å². The van der Waals surface area contributed by atoms with Gasteiger partial charge in [-0.2, -0.15) is 0 Å². The van der Waals surface area contributed by atoms with Crippen molar-refractivity contribution in [3.63, 3.8) is 0 Å². The highest BCUT2D eigenvalue weighted by molar-refractivity contribution is 6.28. The van der Waals surface area contributed by atoms with Gasteiger partial charge in [0, 0.05) is 54.5 Å². The molecule has 0 unspecified atom stereocenters. The van der Waals surface area contributed by atoms with Gasteiger partial charge in [0.05, 0.1) is 22.1 Å². The minimum Gasteiger partial charge on any atom is -0.456 e. The van der Waals surface area contributed by atoms with Gasteiger partial charge in [-0.3, -0.25) is 0 Å². The summed E-state index contributed by atoms with van der Waals surface area (Å²) in [5.74, 6) is 1.82. The van der Waals surface area contributed by atoms with Crippen molar-refractivity contribution in [2.75, 3.05) is 0 Å². The van der Waals surface area contributed by atoms with Gasteiger partial charge in [-0.15, -0.1) is 0 Å². The summed E-state index contributed by atoms with van der Waals surface area (Å²) in [4.78, 5) is 0. The molecule has 4 aromatic heterocycles. The molecule has 13 aromatic rings. The van der Waals surface area contributed by atoms with E-state index in [0.717, 1.165) is 66.0 Å². The first kappa shape index (κ1) is 39.1. The minimum absolute atomic E-state index is 0.456. The molecule has 0 saturated carbocycles. The number of fused-ring (bicyclic) bond motifs is 15. The quantitative estimate of drug-likeness (QED) is 0.167. The Labute approximate surface area is 383 Å². The zero-order valence-electron chi connectivity index (χ0n) is 38.9. The van der Waals surface area contributed by atoms with E-state index in [-0.39, 0.29) is 0 Å². The molecule has 0 radical (unpaired) electrons. The number of hydrogen-bond donors (Lipinski definition) is 0. The average molecular weight is 857 g/mol. The number of rotatable bonds is 6. The lowest BCUT2D eigenvalue weighted by atomic mass is 9.98. The highest BCUT2D eigenvalue weighted by Gasteiger charge is 2.21. The lowest BCUT2D eigenvalue weighted by Crippen LogP contribution is -1.95. The predicted octanol–water partition coefficient (Wildman–Crippen LogP) is 18.5. The zero-order valence-corrected chi connectivity index (χ0v) is 38.9. The molecule has 4 heterocycles. The van der Waals surface area contributed by atoms with E-state index in [1.54, 1.807) is 0 Å². The van der Waals surface area contributed by atoms with Gasteiger partial charge in [0.1, 0.15) is 22.3 Å². The molecule has 4 nitrogen and oxygen atoms in total. The van der Waals surface area contributed by atoms with E-state index in [0.29, 0.717) is 23.7 Å². The number of furan rings is 2. The first-order chi connectivity index (χ1) is 32.0. The van der Waals surface area contributed by atoms with Crippen LogP contribution in [0.4, 0.5) is 0 Å². The lowest BCUT2D eigenvalue weighted by Gasteiger charge is -2.11. The Hall–Kier alpha value is -7.30. The summed E-state index contributed by atoms with van der Waals surface area (Å²) in [6.45, 7) is 18.2. The van der Waals surface area contributed by atoms with Crippen LogP contribution in [0.25, 0.3) is 120 Å². The molecule has 13 rings (SSSR count). The van der Waals surface area contributed by atoms with Gasteiger partial charge in [-0.1, -0.05) is 91.8 Å². The fraction of sp³-hybridized carbons (Fsp3) is 0.194. The summed E-state index contributed by atoms with van der Waals surface area (Å²) in [5, 5.41) is 14.2. The van der Waals surface area contributed by atoms with Crippen LogP contribution in [-0.4, -0.2) is 9.13 Å². The number of nitrogens with zero attached hydrogens (tertiary/aromatic N) is 2.